The van der Waals surface area contributed by atoms with Gasteiger partial charge in [-0.2, -0.15) is 5.10 Å². The second-order valence-electron chi connectivity index (χ2n) is 7.82. The van der Waals surface area contributed by atoms with Crippen LogP contribution in [0.1, 0.15) is 51.1 Å². The molecule has 31 heavy (non-hydrogen) atoms. The van der Waals surface area contributed by atoms with Crippen LogP contribution in [-0.2, 0) is 6.54 Å². The maximum Gasteiger partial charge on any atom is 0.272 e. The lowest BCUT2D eigenvalue weighted by Gasteiger charge is -2.31. The van der Waals surface area contributed by atoms with Gasteiger partial charge in [0.1, 0.15) is 11.5 Å². The van der Waals surface area contributed by atoms with Gasteiger partial charge in [0.2, 0.25) is 0 Å². The van der Waals surface area contributed by atoms with Gasteiger partial charge in [0.25, 0.3) is 11.8 Å². The number of rotatable bonds is 5. The minimum atomic E-state index is -0.244. The topological polar surface area (TPSA) is 107 Å². The minimum Gasteiger partial charge on any atom is -0.467 e. The van der Waals surface area contributed by atoms with Gasteiger partial charge in [-0.05, 0) is 55.3 Å². The van der Waals surface area contributed by atoms with Crippen LogP contribution in [0, 0.1) is 0 Å². The van der Waals surface area contributed by atoms with E-state index in [0.29, 0.717) is 36.7 Å². The molecule has 5 rings (SSSR count). The zero-order valence-corrected chi connectivity index (χ0v) is 16.9. The van der Waals surface area contributed by atoms with Crippen LogP contribution in [0.4, 0.5) is 0 Å². The van der Waals surface area contributed by atoms with Crippen LogP contribution in [0.3, 0.4) is 0 Å². The van der Waals surface area contributed by atoms with Gasteiger partial charge < -0.3 is 19.6 Å². The van der Waals surface area contributed by atoms with E-state index in [9.17, 15) is 9.59 Å². The van der Waals surface area contributed by atoms with Gasteiger partial charge in [-0.1, -0.05) is 0 Å². The van der Waals surface area contributed by atoms with Crippen molar-refractivity contribution in [2.24, 2.45) is 0 Å². The maximum atomic E-state index is 12.9. The Labute approximate surface area is 178 Å². The molecule has 8 nitrogen and oxygen atoms in total. The van der Waals surface area contributed by atoms with Crippen molar-refractivity contribution in [1.29, 1.82) is 0 Å². The molecule has 3 aromatic heterocycles. The number of hydrogen-bond donors (Lipinski definition) is 3. The summed E-state index contributed by atoms with van der Waals surface area (Å²) in [4.78, 5) is 30.3. The number of amides is 2. The summed E-state index contributed by atoms with van der Waals surface area (Å²) in [5.74, 6) is 0.753. The first-order valence-electron chi connectivity index (χ1n) is 10.4. The molecule has 0 spiro atoms. The lowest BCUT2D eigenvalue weighted by molar-refractivity contribution is 0.0712. The lowest BCUT2D eigenvalue weighted by atomic mass is 9.93. The van der Waals surface area contributed by atoms with Crippen molar-refractivity contribution in [3.05, 3.63) is 77.6 Å². The third-order valence-corrected chi connectivity index (χ3v) is 5.86. The Morgan fingerprint density at radius 1 is 1.16 bits per heavy atom. The summed E-state index contributed by atoms with van der Waals surface area (Å²) in [6.45, 7) is 1.67. The van der Waals surface area contributed by atoms with E-state index in [-0.39, 0.29) is 17.7 Å². The molecular weight excluding hydrogens is 394 g/mol. The predicted octanol–water partition coefficient (Wildman–Crippen LogP) is 3.43. The fraction of sp³-hybridized carbons (Fsp3) is 0.261. The van der Waals surface area contributed by atoms with Gasteiger partial charge in [-0.15, -0.1) is 0 Å². The smallest absolute Gasteiger partial charge is 0.272 e. The normalized spacial score (nSPS) is 14.8. The Hall–Kier alpha value is -3.81. The van der Waals surface area contributed by atoms with Gasteiger partial charge in [0.05, 0.1) is 12.8 Å². The van der Waals surface area contributed by atoms with Crippen molar-refractivity contribution < 1.29 is 14.0 Å². The van der Waals surface area contributed by atoms with Crippen molar-refractivity contribution in [3.8, 4) is 0 Å². The quantitative estimate of drug-likeness (QED) is 0.462. The summed E-state index contributed by atoms with van der Waals surface area (Å²) in [5.41, 5.74) is 3.03. The molecular formula is C23H23N5O3. The molecule has 0 atom stereocenters. The third-order valence-electron chi connectivity index (χ3n) is 5.86. The first-order valence-corrected chi connectivity index (χ1v) is 10.4. The summed E-state index contributed by atoms with van der Waals surface area (Å²) >= 11 is 0. The van der Waals surface area contributed by atoms with Gasteiger partial charge in [-0.25, -0.2) is 0 Å². The molecule has 4 heterocycles. The fourth-order valence-corrected chi connectivity index (χ4v) is 4.10. The molecule has 1 aliphatic rings. The molecule has 8 heteroatoms. The number of H-pyrrole nitrogens is 2. The Balaban J connectivity index is 1.17. The average Bonchev–Trinajstić information content (AvgIpc) is 3.58. The number of piperidine rings is 1. The summed E-state index contributed by atoms with van der Waals surface area (Å²) in [6.07, 6.45) is 5.10. The summed E-state index contributed by atoms with van der Waals surface area (Å²) in [5, 5.41) is 11.0. The molecule has 0 unspecified atom stereocenters. The molecule has 1 aliphatic heterocycles. The molecule has 0 bridgehead atoms. The Morgan fingerprint density at radius 2 is 2.03 bits per heavy atom. The monoisotopic (exact) mass is 417 g/mol. The van der Waals surface area contributed by atoms with E-state index in [2.05, 4.69) is 20.5 Å². The number of hydrogen-bond acceptors (Lipinski definition) is 4. The van der Waals surface area contributed by atoms with Crippen LogP contribution < -0.4 is 5.32 Å². The maximum absolute atomic E-state index is 12.9. The molecule has 1 aromatic carbocycles. The van der Waals surface area contributed by atoms with E-state index in [0.717, 1.165) is 29.4 Å². The van der Waals surface area contributed by atoms with Gasteiger partial charge in [0, 0.05) is 47.4 Å². The van der Waals surface area contributed by atoms with Crippen LogP contribution in [0.2, 0.25) is 0 Å². The first kappa shape index (κ1) is 19.2. The van der Waals surface area contributed by atoms with E-state index in [1.807, 2.05) is 41.4 Å². The van der Waals surface area contributed by atoms with Crippen LogP contribution in [0.15, 0.2) is 59.3 Å². The highest BCUT2D eigenvalue weighted by molar-refractivity contribution is 5.98. The van der Waals surface area contributed by atoms with Gasteiger partial charge in [-0.3, -0.25) is 14.7 Å². The zero-order valence-electron chi connectivity index (χ0n) is 16.9. The lowest BCUT2D eigenvalue weighted by Crippen LogP contribution is -2.38. The SMILES string of the molecule is O=C(NCc1ccco1)c1cc(C2CCN(C(=O)c3ccc4[nH]ccc4c3)CC2)[nH]n1. The van der Waals surface area contributed by atoms with Crippen molar-refractivity contribution in [3.63, 3.8) is 0 Å². The van der Waals surface area contributed by atoms with E-state index >= 15 is 0 Å². The molecule has 0 radical (unpaired) electrons. The number of likely N-dealkylation sites (tertiary alicyclic amines) is 1. The van der Waals surface area contributed by atoms with Crippen LogP contribution in [0.25, 0.3) is 10.9 Å². The zero-order chi connectivity index (χ0) is 21.2. The Morgan fingerprint density at radius 3 is 2.84 bits per heavy atom. The first-order chi connectivity index (χ1) is 15.2. The van der Waals surface area contributed by atoms with E-state index in [4.69, 9.17) is 4.42 Å². The highest BCUT2D eigenvalue weighted by Crippen LogP contribution is 2.28. The molecule has 0 saturated carbocycles. The molecule has 0 aliphatic carbocycles. The van der Waals surface area contributed by atoms with E-state index in [1.165, 1.54) is 0 Å². The van der Waals surface area contributed by atoms with Crippen molar-refractivity contribution in [1.82, 2.24) is 25.4 Å². The molecule has 4 aromatic rings. The van der Waals surface area contributed by atoms with Crippen molar-refractivity contribution in [2.75, 3.05) is 13.1 Å². The van der Waals surface area contributed by atoms with E-state index < -0.39 is 0 Å². The number of nitrogens with zero attached hydrogens (tertiary/aromatic N) is 2. The highest BCUT2D eigenvalue weighted by atomic mass is 16.3. The molecule has 1 fully saturated rings. The summed E-state index contributed by atoms with van der Waals surface area (Å²) in [7, 11) is 0. The number of aromatic nitrogens is 3. The number of benzene rings is 1. The summed E-state index contributed by atoms with van der Waals surface area (Å²) in [6, 6.07) is 13.1. The average molecular weight is 417 g/mol. The molecule has 158 valence electrons. The largest absolute Gasteiger partial charge is 0.467 e. The Kier molecular flexibility index (Phi) is 5.03. The Bertz CT molecular complexity index is 1200. The number of carbonyl (C=O) groups is 2. The third kappa shape index (κ3) is 3.96. The van der Waals surface area contributed by atoms with E-state index in [1.54, 1.807) is 18.4 Å². The number of furan rings is 1. The van der Waals surface area contributed by atoms with Crippen LogP contribution >= 0.6 is 0 Å². The number of fused-ring (bicyclic) bond motifs is 1. The minimum absolute atomic E-state index is 0.0594. The molecule has 1 saturated heterocycles. The molecule has 3 N–H and O–H groups in total. The standard InChI is InChI=1S/C23H23N5O3/c29-22(25-14-18-2-1-11-31-18)21-13-20(26-27-21)15-6-9-28(10-7-15)23(30)17-3-4-19-16(12-17)5-8-24-19/h1-5,8,11-13,15,24H,6-7,9-10,14H2,(H,25,29)(H,26,27). The van der Waals surface area contributed by atoms with Gasteiger partial charge >= 0.3 is 0 Å². The summed E-state index contributed by atoms with van der Waals surface area (Å²) < 4.78 is 5.22. The fourth-order valence-electron chi connectivity index (χ4n) is 4.10. The highest BCUT2D eigenvalue weighted by Gasteiger charge is 2.26. The number of carbonyl (C=O) groups excluding carboxylic acids is 2. The van der Waals surface area contributed by atoms with Crippen molar-refractivity contribution >= 4 is 22.7 Å². The number of aromatic amines is 2. The van der Waals surface area contributed by atoms with Gasteiger partial charge in [0.15, 0.2) is 0 Å². The van der Waals surface area contributed by atoms with Crippen LogP contribution in [-0.4, -0.2) is 45.0 Å². The van der Waals surface area contributed by atoms with Crippen molar-refractivity contribution in [2.45, 2.75) is 25.3 Å². The molecule has 2 amide bonds. The second kappa shape index (κ2) is 8.14. The van der Waals surface area contributed by atoms with Crippen LogP contribution in [0.5, 0.6) is 0 Å². The second-order valence-corrected chi connectivity index (χ2v) is 7.82. The predicted molar refractivity (Wildman–Crippen MR) is 115 cm³/mol. The number of nitrogens with one attached hydrogen (secondary N) is 3.